The third-order valence-corrected chi connectivity index (χ3v) is 8.78. The van der Waals surface area contributed by atoms with Crippen molar-refractivity contribution >= 4 is 32.7 Å². The first-order valence-corrected chi connectivity index (χ1v) is 13.5. The Hall–Kier alpha value is -3.70. The average Bonchev–Trinajstić information content (AvgIpc) is 3.12. The lowest BCUT2D eigenvalue weighted by Crippen LogP contribution is -2.36. The number of halogens is 2. The number of carbonyl (C=O) groups excluding carboxylic acids is 1. The molecule has 11 heteroatoms. The molecule has 0 spiro atoms. The molecule has 1 amide bonds. The van der Waals surface area contributed by atoms with E-state index in [1.54, 1.807) is 23.0 Å². The second kappa shape index (κ2) is 8.15. The second-order valence-electron chi connectivity index (χ2n) is 9.79. The van der Waals surface area contributed by atoms with Crippen molar-refractivity contribution in [1.29, 1.82) is 0 Å². The van der Waals surface area contributed by atoms with Gasteiger partial charge in [0.2, 0.25) is 15.9 Å². The Morgan fingerprint density at radius 3 is 2.49 bits per heavy atom. The number of hydrogen-bond donors (Lipinski definition) is 1. The molecule has 0 radical (unpaired) electrons. The van der Waals surface area contributed by atoms with Gasteiger partial charge in [-0.25, -0.2) is 31.2 Å². The molecule has 8 nitrogen and oxygen atoms in total. The van der Waals surface area contributed by atoms with E-state index >= 15 is 0 Å². The van der Waals surface area contributed by atoms with Crippen LogP contribution in [0.4, 0.5) is 14.6 Å². The van der Waals surface area contributed by atoms with Gasteiger partial charge in [0.05, 0.1) is 35.8 Å². The number of hydrogen-bond acceptors (Lipinski definition) is 5. The number of pyridine rings is 1. The molecule has 3 unspecified atom stereocenters. The molecule has 6 rings (SSSR count). The number of nitrogens with zero attached hydrogens (tertiary/aromatic N) is 4. The van der Waals surface area contributed by atoms with Gasteiger partial charge < -0.3 is 5.32 Å². The fourth-order valence-corrected chi connectivity index (χ4v) is 6.70. The van der Waals surface area contributed by atoms with Crippen molar-refractivity contribution in [2.45, 2.75) is 12.3 Å². The summed E-state index contributed by atoms with van der Waals surface area (Å²) in [5, 5.41) is 8.07. The molecule has 1 aliphatic carbocycles. The van der Waals surface area contributed by atoms with Gasteiger partial charge in [0.15, 0.2) is 0 Å². The number of sulfonamides is 1. The number of amides is 1. The normalized spacial score (nSPS) is 23.2. The first-order chi connectivity index (χ1) is 17.6. The topological polar surface area (TPSA) is 97.2 Å². The third-order valence-electron chi connectivity index (χ3n) is 7.57. The number of aryl methyl sites for hydroxylation is 1. The molecular weight excluding hydrogens is 500 g/mol. The van der Waals surface area contributed by atoms with Crippen molar-refractivity contribution in [3.05, 3.63) is 83.7 Å². The molecule has 37 heavy (non-hydrogen) atoms. The predicted molar refractivity (Wildman–Crippen MR) is 134 cm³/mol. The van der Waals surface area contributed by atoms with E-state index in [1.165, 1.54) is 34.8 Å². The van der Waals surface area contributed by atoms with Crippen molar-refractivity contribution in [3.8, 4) is 5.69 Å². The van der Waals surface area contributed by atoms with E-state index in [0.29, 0.717) is 5.69 Å². The Morgan fingerprint density at radius 2 is 1.81 bits per heavy atom. The SMILES string of the molecule is Cc1cc2c(cnn2-c2ccc(F)cc2)cc1C12CN(S(C)(=O)=O)CC1C2C(=O)Nc1ccc(F)cn1. The van der Waals surface area contributed by atoms with Crippen LogP contribution in [0.1, 0.15) is 11.1 Å². The van der Waals surface area contributed by atoms with Gasteiger partial charge in [-0.2, -0.15) is 5.10 Å². The van der Waals surface area contributed by atoms with Gasteiger partial charge in [-0.1, -0.05) is 0 Å². The van der Waals surface area contributed by atoms with E-state index < -0.39 is 27.2 Å². The lowest BCUT2D eigenvalue weighted by molar-refractivity contribution is -0.118. The number of nitrogens with one attached hydrogen (secondary N) is 1. The van der Waals surface area contributed by atoms with Gasteiger partial charge >= 0.3 is 0 Å². The summed E-state index contributed by atoms with van der Waals surface area (Å²) in [6.07, 6.45) is 3.91. The van der Waals surface area contributed by atoms with Crippen molar-refractivity contribution < 1.29 is 22.0 Å². The summed E-state index contributed by atoms with van der Waals surface area (Å²) < 4.78 is 54.6. The maximum atomic E-state index is 13.4. The Morgan fingerprint density at radius 1 is 1.08 bits per heavy atom. The third kappa shape index (κ3) is 3.80. The molecule has 1 N–H and O–H groups in total. The molecule has 1 saturated heterocycles. The maximum Gasteiger partial charge on any atom is 0.229 e. The summed E-state index contributed by atoms with van der Waals surface area (Å²) in [7, 11) is -3.45. The van der Waals surface area contributed by atoms with Gasteiger partial charge in [-0.3, -0.25) is 4.79 Å². The number of fused-ring (bicyclic) bond motifs is 2. The van der Waals surface area contributed by atoms with E-state index in [4.69, 9.17) is 0 Å². The van der Waals surface area contributed by atoms with Crippen molar-refractivity contribution in [2.24, 2.45) is 11.8 Å². The van der Waals surface area contributed by atoms with Crippen LogP contribution in [0.2, 0.25) is 0 Å². The minimum atomic E-state index is -3.45. The summed E-state index contributed by atoms with van der Waals surface area (Å²) in [6, 6.07) is 12.6. The molecule has 190 valence electrons. The van der Waals surface area contributed by atoms with E-state index in [0.717, 1.165) is 28.2 Å². The Labute approximate surface area is 212 Å². The summed E-state index contributed by atoms with van der Waals surface area (Å²) >= 11 is 0. The summed E-state index contributed by atoms with van der Waals surface area (Å²) in [6.45, 7) is 2.35. The van der Waals surface area contributed by atoms with Gasteiger partial charge in [0.25, 0.3) is 0 Å². The van der Waals surface area contributed by atoms with Crippen LogP contribution in [-0.2, 0) is 20.2 Å². The Kier molecular flexibility index (Phi) is 5.22. The molecule has 2 aromatic carbocycles. The molecule has 4 aromatic rings. The molecule has 1 aliphatic heterocycles. The first kappa shape index (κ1) is 23.7. The van der Waals surface area contributed by atoms with Gasteiger partial charge in [-0.15, -0.1) is 0 Å². The smallest absolute Gasteiger partial charge is 0.229 e. The van der Waals surface area contributed by atoms with Crippen molar-refractivity contribution in [2.75, 3.05) is 24.7 Å². The number of rotatable bonds is 5. The largest absolute Gasteiger partial charge is 0.310 e. The number of benzene rings is 2. The Bertz CT molecular complexity index is 1650. The van der Waals surface area contributed by atoms with Crippen LogP contribution < -0.4 is 5.32 Å². The average molecular weight is 524 g/mol. The number of piperidine rings is 1. The fourth-order valence-electron chi connectivity index (χ4n) is 5.82. The molecule has 2 aliphatic rings. The quantitative estimate of drug-likeness (QED) is 0.433. The minimum absolute atomic E-state index is 0.184. The molecule has 2 aromatic heterocycles. The molecule has 2 fully saturated rings. The molecule has 3 atom stereocenters. The van der Waals surface area contributed by atoms with E-state index in [2.05, 4.69) is 15.4 Å². The van der Waals surface area contributed by atoms with Crippen LogP contribution in [0.25, 0.3) is 16.6 Å². The first-order valence-electron chi connectivity index (χ1n) is 11.7. The zero-order valence-electron chi connectivity index (χ0n) is 20.0. The molecule has 3 heterocycles. The van der Waals surface area contributed by atoms with E-state index in [1.807, 2.05) is 19.1 Å². The second-order valence-corrected chi connectivity index (χ2v) is 11.8. The van der Waals surface area contributed by atoms with Crippen LogP contribution >= 0.6 is 0 Å². The zero-order valence-corrected chi connectivity index (χ0v) is 20.8. The summed E-state index contributed by atoms with van der Waals surface area (Å²) in [4.78, 5) is 17.3. The fraction of sp³-hybridized carbons (Fsp3) is 0.269. The zero-order chi connectivity index (χ0) is 26.1. The minimum Gasteiger partial charge on any atom is -0.310 e. The van der Waals surface area contributed by atoms with Crippen LogP contribution in [0.3, 0.4) is 0 Å². The molecule has 1 saturated carbocycles. The maximum absolute atomic E-state index is 13.4. The lowest BCUT2D eigenvalue weighted by Gasteiger charge is -2.23. The van der Waals surface area contributed by atoms with Gasteiger partial charge in [0, 0.05) is 23.9 Å². The van der Waals surface area contributed by atoms with Crippen molar-refractivity contribution in [3.63, 3.8) is 0 Å². The number of aromatic nitrogens is 3. The van der Waals surface area contributed by atoms with Gasteiger partial charge in [0.1, 0.15) is 17.5 Å². The predicted octanol–water partition coefficient (Wildman–Crippen LogP) is 3.40. The van der Waals surface area contributed by atoms with E-state index in [9.17, 15) is 22.0 Å². The highest BCUT2D eigenvalue weighted by molar-refractivity contribution is 7.88. The van der Waals surface area contributed by atoms with Crippen LogP contribution in [0.5, 0.6) is 0 Å². The van der Waals surface area contributed by atoms with E-state index in [-0.39, 0.29) is 36.5 Å². The van der Waals surface area contributed by atoms with Crippen LogP contribution in [0.15, 0.2) is 60.9 Å². The summed E-state index contributed by atoms with van der Waals surface area (Å²) in [5.74, 6) is -1.58. The van der Waals surface area contributed by atoms with Crippen LogP contribution in [-0.4, -0.2) is 52.7 Å². The standard InChI is InChI=1S/C26H23F2N5O3S/c1-15-9-22-16(11-30-33(22)19-6-3-17(27)4-7-19)10-20(15)26-14-32(37(2,35)36)13-21(26)24(26)25(34)31-23-8-5-18(28)12-29-23/h3-12,21,24H,13-14H2,1-2H3,(H,29,31,34). The Balaban J connectivity index is 1.40. The number of carbonyl (C=O) groups is 1. The molecular formula is C26H23F2N5O3S. The van der Waals surface area contributed by atoms with Crippen molar-refractivity contribution in [1.82, 2.24) is 19.1 Å². The highest BCUT2D eigenvalue weighted by atomic mass is 32.2. The lowest BCUT2D eigenvalue weighted by atomic mass is 9.88. The monoisotopic (exact) mass is 523 g/mol. The highest BCUT2D eigenvalue weighted by Gasteiger charge is 2.73. The number of anilines is 1. The van der Waals surface area contributed by atoms with Crippen LogP contribution in [0, 0.1) is 30.4 Å². The molecule has 0 bridgehead atoms. The summed E-state index contributed by atoms with van der Waals surface area (Å²) in [5.41, 5.74) is 2.60. The van der Waals surface area contributed by atoms with Gasteiger partial charge in [-0.05, 0) is 72.5 Å². The highest BCUT2D eigenvalue weighted by Crippen LogP contribution is 2.65.